The lowest BCUT2D eigenvalue weighted by atomic mass is 9.90. The summed E-state index contributed by atoms with van der Waals surface area (Å²) in [6.45, 7) is 3.48. The number of nitrogen functional groups attached to an aromatic ring is 1. The molecular weight excluding hydrogens is 216 g/mol. The van der Waals surface area contributed by atoms with Gasteiger partial charge in [0.1, 0.15) is 0 Å². The molecule has 1 aromatic carbocycles. The molecule has 0 atom stereocenters. The van der Waals surface area contributed by atoms with Crippen molar-refractivity contribution in [3.05, 3.63) is 23.8 Å². The lowest BCUT2D eigenvalue weighted by Crippen LogP contribution is -2.46. The van der Waals surface area contributed by atoms with E-state index in [-0.39, 0.29) is 12.1 Å². The maximum Gasteiger partial charge on any atom is 0.0663 e. The standard InChI is InChI=1S/C13H20N2O2/c1-10-2-3-11(8-12(10)14)15-13(9-16)4-6-17-7-5-13/h2-3,8,15-16H,4-7,9,14H2,1H3. The van der Waals surface area contributed by atoms with Crippen molar-refractivity contribution in [2.24, 2.45) is 0 Å². The van der Waals surface area contributed by atoms with Crippen LogP contribution in [0.2, 0.25) is 0 Å². The summed E-state index contributed by atoms with van der Waals surface area (Å²) < 4.78 is 5.33. The summed E-state index contributed by atoms with van der Waals surface area (Å²) in [5.74, 6) is 0. The highest BCUT2D eigenvalue weighted by atomic mass is 16.5. The molecule has 2 rings (SSSR count). The Bertz CT molecular complexity index is 387. The maximum absolute atomic E-state index is 9.58. The summed E-state index contributed by atoms with van der Waals surface area (Å²) in [6.07, 6.45) is 1.63. The first-order valence-electron chi connectivity index (χ1n) is 5.98. The number of nitrogens with one attached hydrogen (secondary N) is 1. The van der Waals surface area contributed by atoms with Crippen molar-refractivity contribution in [3.8, 4) is 0 Å². The maximum atomic E-state index is 9.58. The van der Waals surface area contributed by atoms with E-state index in [1.807, 2.05) is 25.1 Å². The van der Waals surface area contributed by atoms with E-state index in [4.69, 9.17) is 10.5 Å². The quantitative estimate of drug-likeness (QED) is 0.696. The summed E-state index contributed by atoms with van der Waals surface area (Å²) in [5, 5.41) is 13.0. The Morgan fingerprint density at radius 1 is 1.41 bits per heavy atom. The normalized spacial score (nSPS) is 18.9. The van der Waals surface area contributed by atoms with Gasteiger partial charge in [0.2, 0.25) is 0 Å². The van der Waals surface area contributed by atoms with Gasteiger partial charge in [-0.25, -0.2) is 0 Å². The molecular formula is C13H20N2O2. The zero-order chi connectivity index (χ0) is 12.3. The highest BCUT2D eigenvalue weighted by Gasteiger charge is 2.31. The second-order valence-electron chi connectivity index (χ2n) is 4.75. The number of anilines is 2. The van der Waals surface area contributed by atoms with Gasteiger partial charge in [-0.15, -0.1) is 0 Å². The fourth-order valence-electron chi connectivity index (χ4n) is 2.11. The molecule has 17 heavy (non-hydrogen) atoms. The molecule has 1 fully saturated rings. The highest BCUT2D eigenvalue weighted by Crippen LogP contribution is 2.27. The number of aryl methyl sites for hydroxylation is 1. The molecule has 1 aromatic rings. The number of ether oxygens (including phenoxy) is 1. The van der Waals surface area contributed by atoms with E-state index in [0.29, 0.717) is 13.2 Å². The predicted octanol–water partition coefficient (Wildman–Crippen LogP) is 1.53. The minimum absolute atomic E-state index is 0.115. The Morgan fingerprint density at radius 2 is 2.12 bits per heavy atom. The van der Waals surface area contributed by atoms with Crippen molar-refractivity contribution in [3.63, 3.8) is 0 Å². The van der Waals surface area contributed by atoms with Gasteiger partial charge in [0.15, 0.2) is 0 Å². The third-order valence-corrected chi connectivity index (χ3v) is 3.44. The lowest BCUT2D eigenvalue weighted by Gasteiger charge is -2.37. The van der Waals surface area contributed by atoms with E-state index in [1.54, 1.807) is 0 Å². The SMILES string of the molecule is Cc1ccc(NC2(CO)CCOCC2)cc1N. The summed E-state index contributed by atoms with van der Waals surface area (Å²) in [7, 11) is 0. The monoisotopic (exact) mass is 236 g/mol. The number of benzene rings is 1. The lowest BCUT2D eigenvalue weighted by molar-refractivity contribution is 0.0380. The van der Waals surface area contributed by atoms with Crippen molar-refractivity contribution in [1.29, 1.82) is 0 Å². The van der Waals surface area contributed by atoms with Crippen LogP contribution in [0.3, 0.4) is 0 Å². The molecule has 0 radical (unpaired) electrons. The molecule has 0 aliphatic carbocycles. The van der Waals surface area contributed by atoms with Gasteiger partial charge in [0.25, 0.3) is 0 Å². The van der Waals surface area contributed by atoms with Crippen LogP contribution in [-0.2, 0) is 4.74 Å². The first kappa shape index (κ1) is 12.2. The summed E-state index contributed by atoms with van der Waals surface area (Å²) in [5.41, 5.74) is 8.42. The van der Waals surface area contributed by atoms with Crippen LogP contribution in [0.15, 0.2) is 18.2 Å². The molecule has 1 aliphatic heterocycles. The Morgan fingerprint density at radius 3 is 2.71 bits per heavy atom. The number of hydrogen-bond donors (Lipinski definition) is 3. The summed E-state index contributed by atoms with van der Waals surface area (Å²) >= 11 is 0. The molecule has 1 saturated heterocycles. The molecule has 0 amide bonds. The zero-order valence-corrected chi connectivity index (χ0v) is 10.2. The first-order valence-corrected chi connectivity index (χ1v) is 5.98. The minimum atomic E-state index is -0.264. The van der Waals surface area contributed by atoms with Gasteiger partial charge in [0.05, 0.1) is 12.1 Å². The van der Waals surface area contributed by atoms with Gasteiger partial charge >= 0.3 is 0 Å². The topological polar surface area (TPSA) is 67.5 Å². The second-order valence-corrected chi connectivity index (χ2v) is 4.75. The third kappa shape index (κ3) is 2.70. The van der Waals surface area contributed by atoms with Crippen LogP contribution in [0.5, 0.6) is 0 Å². The van der Waals surface area contributed by atoms with Crippen LogP contribution < -0.4 is 11.1 Å². The van der Waals surface area contributed by atoms with Crippen LogP contribution in [0.25, 0.3) is 0 Å². The van der Waals surface area contributed by atoms with Crippen LogP contribution in [-0.4, -0.2) is 30.5 Å². The third-order valence-electron chi connectivity index (χ3n) is 3.44. The fraction of sp³-hybridized carbons (Fsp3) is 0.538. The van der Waals surface area contributed by atoms with Crippen LogP contribution in [0.4, 0.5) is 11.4 Å². The molecule has 0 spiro atoms. The summed E-state index contributed by atoms with van der Waals surface area (Å²) in [4.78, 5) is 0. The molecule has 0 bridgehead atoms. The Labute approximate surface area is 102 Å². The van der Waals surface area contributed by atoms with E-state index in [0.717, 1.165) is 29.8 Å². The Hall–Kier alpha value is -1.26. The molecule has 1 heterocycles. The number of aliphatic hydroxyl groups is 1. The van der Waals surface area contributed by atoms with Crippen LogP contribution >= 0.6 is 0 Å². The molecule has 0 saturated carbocycles. The molecule has 0 aromatic heterocycles. The van der Waals surface area contributed by atoms with Crippen LogP contribution in [0, 0.1) is 6.92 Å². The molecule has 1 aliphatic rings. The molecule has 0 unspecified atom stereocenters. The van der Waals surface area contributed by atoms with Crippen molar-refractivity contribution >= 4 is 11.4 Å². The van der Waals surface area contributed by atoms with Gasteiger partial charge in [-0.3, -0.25) is 0 Å². The van der Waals surface area contributed by atoms with Gasteiger partial charge in [-0.1, -0.05) is 6.07 Å². The fourth-order valence-corrected chi connectivity index (χ4v) is 2.11. The van der Waals surface area contributed by atoms with Gasteiger partial charge in [-0.05, 0) is 37.5 Å². The van der Waals surface area contributed by atoms with Crippen LogP contribution in [0.1, 0.15) is 18.4 Å². The molecule has 94 valence electrons. The zero-order valence-electron chi connectivity index (χ0n) is 10.2. The Balaban J connectivity index is 2.14. The second kappa shape index (κ2) is 4.94. The number of hydrogen-bond acceptors (Lipinski definition) is 4. The van der Waals surface area contributed by atoms with Gasteiger partial charge < -0.3 is 20.9 Å². The van der Waals surface area contributed by atoms with Crippen molar-refractivity contribution < 1.29 is 9.84 Å². The minimum Gasteiger partial charge on any atom is -0.398 e. The average Bonchev–Trinajstić information content (AvgIpc) is 2.35. The van der Waals surface area contributed by atoms with Gasteiger partial charge in [-0.2, -0.15) is 0 Å². The average molecular weight is 236 g/mol. The van der Waals surface area contributed by atoms with Crippen molar-refractivity contribution in [2.45, 2.75) is 25.3 Å². The Kier molecular flexibility index (Phi) is 3.54. The number of nitrogens with two attached hydrogens (primary N) is 1. The smallest absolute Gasteiger partial charge is 0.0663 e. The van der Waals surface area contributed by atoms with E-state index in [1.165, 1.54) is 0 Å². The molecule has 4 nitrogen and oxygen atoms in total. The van der Waals surface area contributed by atoms with Crippen molar-refractivity contribution in [2.75, 3.05) is 30.9 Å². The van der Waals surface area contributed by atoms with Crippen molar-refractivity contribution in [1.82, 2.24) is 0 Å². The largest absolute Gasteiger partial charge is 0.398 e. The van der Waals surface area contributed by atoms with E-state index >= 15 is 0 Å². The highest BCUT2D eigenvalue weighted by molar-refractivity contribution is 5.59. The number of aliphatic hydroxyl groups excluding tert-OH is 1. The van der Waals surface area contributed by atoms with E-state index in [9.17, 15) is 5.11 Å². The van der Waals surface area contributed by atoms with Gasteiger partial charge in [0, 0.05) is 24.6 Å². The first-order chi connectivity index (χ1) is 8.15. The summed E-state index contributed by atoms with van der Waals surface area (Å²) in [6, 6.07) is 5.91. The molecule has 4 heteroatoms. The molecule has 4 N–H and O–H groups in total. The van der Waals surface area contributed by atoms with E-state index in [2.05, 4.69) is 5.32 Å². The van der Waals surface area contributed by atoms with E-state index < -0.39 is 0 Å². The number of rotatable bonds is 3. The predicted molar refractivity (Wildman–Crippen MR) is 69.1 cm³/mol.